The van der Waals surface area contributed by atoms with Crippen LogP contribution in [0.4, 0.5) is 0 Å². The van der Waals surface area contributed by atoms with Gasteiger partial charge in [0.2, 0.25) is 5.91 Å². The van der Waals surface area contributed by atoms with Gasteiger partial charge in [-0.25, -0.2) is 4.79 Å². The van der Waals surface area contributed by atoms with Gasteiger partial charge in [-0.05, 0) is 26.7 Å². The third-order valence-corrected chi connectivity index (χ3v) is 4.22. The van der Waals surface area contributed by atoms with E-state index in [2.05, 4.69) is 5.32 Å². The van der Waals surface area contributed by atoms with E-state index in [-0.39, 0.29) is 18.5 Å². The van der Waals surface area contributed by atoms with Gasteiger partial charge in [0.15, 0.2) is 5.58 Å². The first-order valence-corrected chi connectivity index (χ1v) is 8.14. The number of aryl methyl sites for hydroxylation is 1. The predicted molar refractivity (Wildman–Crippen MR) is 85.3 cm³/mol. The summed E-state index contributed by atoms with van der Waals surface area (Å²) in [4.78, 5) is 24.5. The molecule has 2 aromatic heterocycles. The molecule has 0 bridgehead atoms. The molecular formula is C17H22N2O4. The van der Waals surface area contributed by atoms with E-state index in [9.17, 15) is 9.59 Å². The second-order valence-electron chi connectivity index (χ2n) is 5.99. The highest BCUT2D eigenvalue weighted by Crippen LogP contribution is 2.24. The molecule has 0 radical (unpaired) electrons. The number of carbonyl (C=O) groups is 2. The highest BCUT2D eigenvalue weighted by molar-refractivity contribution is 5.95. The van der Waals surface area contributed by atoms with E-state index in [4.69, 9.17) is 9.15 Å². The fraction of sp³-hybridized carbons (Fsp3) is 0.529. The van der Waals surface area contributed by atoms with Crippen molar-refractivity contribution in [3.63, 3.8) is 0 Å². The van der Waals surface area contributed by atoms with Crippen LogP contribution in [0.5, 0.6) is 0 Å². The molecule has 6 heteroatoms. The topological polar surface area (TPSA) is 73.5 Å². The van der Waals surface area contributed by atoms with E-state index in [1.807, 2.05) is 13.0 Å². The summed E-state index contributed by atoms with van der Waals surface area (Å²) in [5.41, 5.74) is 1.69. The lowest BCUT2D eigenvalue weighted by molar-refractivity contribution is -0.122. The van der Waals surface area contributed by atoms with Crippen molar-refractivity contribution in [3.8, 4) is 0 Å². The van der Waals surface area contributed by atoms with Crippen molar-refractivity contribution in [2.75, 3.05) is 6.61 Å². The number of hydrogen-bond acceptors (Lipinski definition) is 4. The smallest absolute Gasteiger partial charge is 0.355 e. The number of fused-ring (bicyclic) bond motifs is 1. The van der Waals surface area contributed by atoms with Crippen LogP contribution in [0.3, 0.4) is 0 Å². The summed E-state index contributed by atoms with van der Waals surface area (Å²) in [5.74, 6) is 0.222. The number of aromatic nitrogens is 1. The number of hydrogen-bond donors (Lipinski definition) is 1. The lowest BCUT2D eigenvalue weighted by atomic mass is 10.2. The Balaban J connectivity index is 1.85. The lowest BCUT2D eigenvalue weighted by Gasteiger charge is -2.14. The fourth-order valence-corrected chi connectivity index (χ4v) is 3.20. The molecule has 0 aliphatic heterocycles. The zero-order valence-corrected chi connectivity index (χ0v) is 13.6. The predicted octanol–water partition coefficient (Wildman–Crippen LogP) is 2.78. The van der Waals surface area contributed by atoms with Crippen LogP contribution in [0.15, 0.2) is 16.5 Å². The van der Waals surface area contributed by atoms with Crippen molar-refractivity contribution >= 4 is 23.0 Å². The van der Waals surface area contributed by atoms with Gasteiger partial charge in [0, 0.05) is 18.2 Å². The minimum absolute atomic E-state index is 0.0844. The number of ether oxygens (including phenoxy) is 1. The number of furan rings is 1. The molecule has 1 aliphatic carbocycles. The zero-order chi connectivity index (χ0) is 16.4. The number of nitrogens with one attached hydrogen (secondary N) is 1. The Bertz CT molecular complexity index is 722. The highest BCUT2D eigenvalue weighted by atomic mass is 16.5. The fourth-order valence-electron chi connectivity index (χ4n) is 3.20. The van der Waals surface area contributed by atoms with E-state index in [1.54, 1.807) is 17.6 Å². The van der Waals surface area contributed by atoms with E-state index in [0.29, 0.717) is 17.9 Å². The van der Waals surface area contributed by atoms with Crippen molar-refractivity contribution in [2.24, 2.45) is 0 Å². The van der Waals surface area contributed by atoms with Crippen LogP contribution in [-0.4, -0.2) is 29.1 Å². The van der Waals surface area contributed by atoms with E-state index in [1.165, 1.54) is 0 Å². The quantitative estimate of drug-likeness (QED) is 0.860. The number of nitrogens with zero attached hydrogens (tertiary/aromatic N) is 1. The summed E-state index contributed by atoms with van der Waals surface area (Å²) in [6, 6.07) is 3.73. The SMILES string of the molecule is CCOC(=O)c1cc2oc(C)cc2n1CC(=O)NC1CCCC1. The van der Waals surface area contributed by atoms with Crippen molar-refractivity contribution < 1.29 is 18.7 Å². The van der Waals surface area contributed by atoms with Gasteiger partial charge in [0.1, 0.15) is 18.0 Å². The monoisotopic (exact) mass is 318 g/mol. The summed E-state index contributed by atoms with van der Waals surface area (Å²) in [6.07, 6.45) is 4.38. The third kappa shape index (κ3) is 3.25. The molecule has 124 valence electrons. The van der Waals surface area contributed by atoms with Crippen molar-refractivity contribution in [3.05, 3.63) is 23.6 Å². The van der Waals surface area contributed by atoms with Crippen LogP contribution in [0.25, 0.3) is 11.1 Å². The Hall–Kier alpha value is -2.24. The maximum atomic E-state index is 12.3. The van der Waals surface area contributed by atoms with Gasteiger partial charge >= 0.3 is 5.97 Å². The second kappa shape index (κ2) is 6.48. The van der Waals surface area contributed by atoms with Crippen LogP contribution in [0.1, 0.15) is 48.9 Å². The molecule has 0 spiro atoms. The largest absolute Gasteiger partial charge is 0.461 e. The molecule has 1 N–H and O–H groups in total. The molecule has 2 aromatic rings. The summed E-state index contributed by atoms with van der Waals surface area (Å²) in [6.45, 7) is 3.98. The number of rotatable bonds is 5. The third-order valence-electron chi connectivity index (χ3n) is 4.22. The second-order valence-corrected chi connectivity index (χ2v) is 5.99. The summed E-state index contributed by atoms with van der Waals surface area (Å²) < 4.78 is 12.3. The van der Waals surface area contributed by atoms with Gasteiger partial charge < -0.3 is 19.0 Å². The molecule has 0 atom stereocenters. The Kier molecular flexibility index (Phi) is 4.41. The van der Waals surface area contributed by atoms with Gasteiger partial charge in [-0.2, -0.15) is 0 Å². The molecular weight excluding hydrogens is 296 g/mol. The van der Waals surface area contributed by atoms with Crippen LogP contribution in [-0.2, 0) is 16.1 Å². The lowest BCUT2D eigenvalue weighted by Crippen LogP contribution is -2.35. The molecule has 0 saturated heterocycles. The molecule has 1 saturated carbocycles. The maximum absolute atomic E-state index is 12.3. The Morgan fingerprint density at radius 2 is 2.09 bits per heavy atom. The first-order valence-electron chi connectivity index (χ1n) is 8.14. The van der Waals surface area contributed by atoms with Crippen molar-refractivity contribution in [1.82, 2.24) is 9.88 Å². The highest BCUT2D eigenvalue weighted by Gasteiger charge is 2.23. The molecule has 0 unspecified atom stereocenters. The number of esters is 1. The van der Waals surface area contributed by atoms with Gasteiger partial charge in [0.05, 0.1) is 12.1 Å². The van der Waals surface area contributed by atoms with Crippen molar-refractivity contribution in [1.29, 1.82) is 0 Å². The number of carbonyl (C=O) groups excluding carboxylic acids is 2. The van der Waals surface area contributed by atoms with Crippen LogP contribution in [0.2, 0.25) is 0 Å². The first-order chi connectivity index (χ1) is 11.1. The molecule has 2 heterocycles. The molecule has 1 fully saturated rings. The molecule has 1 aliphatic rings. The van der Waals surface area contributed by atoms with Gasteiger partial charge in [0.25, 0.3) is 0 Å². The molecule has 1 amide bonds. The van der Waals surface area contributed by atoms with Gasteiger partial charge in [-0.15, -0.1) is 0 Å². The summed E-state index contributed by atoms with van der Waals surface area (Å²) in [7, 11) is 0. The Morgan fingerprint density at radius 3 is 2.78 bits per heavy atom. The summed E-state index contributed by atoms with van der Waals surface area (Å²) in [5, 5.41) is 3.04. The standard InChI is InChI=1S/C17H22N2O4/c1-3-22-17(21)14-9-15-13(8-11(2)23-15)19(14)10-16(20)18-12-6-4-5-7-12/h8-9,12H,3-7,10H2,1-2H3,(H,18,20). The van der Waals surface area contributed by atoms with Crippen LogP contribution < -0.4 is 5.32 Å². The van der Waals surface area contributed by atoms with E-state index < -0.39 is 5.97 Å². The minimum atomic E-state index is -0.440. The average Bonchev–Trinajstić information content (AvgIpc) is 3.17. The normalized spacial score (nSPS) is 15.2. The molecule has 23 heavy (non-hydrogen) atoms. The van der Waals surface area contributed by atoms with E-state index in [0.717, 1.165) is 37.0 Å². The zero-order valence-electron chi connectivity index (χ0n) is 13.6. The van der Waals surface area contributed by atoms with E-state index >= 15 is 0 Å². The first kappa shape index (κ1) is 15.6. The van der Waals surface area contributed by atoms with Gasteiger partial charge in [-0.1, -0.05) is 12.8 Å². The minimum Gasteiger partial charge on any atom is -0.461 e. The average molecular weight is 318 g/mol. The van der Waals surface area contributed by atoms with Crippen LogP contribution in [0, 0.1) is 6.92 Å². The Labute approximate surface area is 134 Å². The summed E-state index contributed by atoms with van der Waals surface area (Å²) >= 11 is 0. The van der Waals surface area contributed by atoms with Gasteiger partial charge in [-0.3, -0.25) is 4.79 Å². The molecule has 3 rings (SSSR count). The maximum Gasteiger partial charge on any atom is 0.355 e. The van der Waals surface area contributed by atoms with Crippen LogP contribution >= 0.6 is 0 Å². The Morgan fingerprint density at radius 1 is 1.35 bits per heavy atom. The molecule has 6 nitrogen and oxygen atoms in total. The van der Waals surface area contributed by atoms with Crippen molar-refractivity contribution in [2.45, 2.75) is 52.1 Å². The number of amides is 1. The molecule has 0 aromatic carbocycles.